The number of H-pyrrole nitrogens is 1. The Kier molecular flexibility index (Phi) is 4.94. The number of hydrogen-bond donors (Lipinski definition) is 1. The van der Waals surface area contributed by atoms with E-state index in [-0.39, 0.29) is 5.56 Å². The van der Waals surface area contributed by atoms with Crippen LogP contribution < -0.4 is 10.3 Å². The molecule has 150 valence electrons. The van der Waals surface area contributed by atoms with Crippen LogP contribution in [0.25, 0.3) is 28.0 Å². The molecule has 0 spiro atoms. The summed E-state index contributed by atoms with van der Waals surface area (Å²) in [6.07, 6.45) is 1.92. The minimum absolute atomic E-state index is 0.189. The van der Waals surface area contributed by atoms with Gasteiger partial charge in [0.05, 0.1) is 30.8 Å². The highest BCUT2D eigenvalue weighted by Crippen LogP contribution is 2.30. The van der Waals surface area contributed by atoms with E-state index in [0.717, 1.165) is 40.4 Å². The summed E-state index contributed by atoms with van der Waals surface area (Å²) in [5.74, 6) is 0.760. The fraction of sp³-hybridized carbons (Fsp3) is 0.286. The number of aromatic amines is 1. The molecule has 0 radical (unpaired) electrons. The Morgan fingerprint density at radius 3 is 2.55 bits per heavy atom. The Bertz CT molecular complexity index is 1220. The topological polar surface area (TPSA) is 86.4 Å². The first kappa shape index (κ1) is 18.9. The number of rotatable bonds is 6. The molecule has 0 aliphatic heterocycles. The Hall–Kier alpha value is -3.39. The first-order valence-corrected chi connectivity index (χ1v) is 9.38. The van der Waals surface area contributed by atoms with Crippen molar-refractivity contribution < 1.29 is 9.47 Å². The van der Waals surface area contributed by atoms with Crippen LogP contribution in [0.3, 0.4) is 0 Å². The van der Waals surface area contributed by atoms with Gasteiger partial charge in [-0.3, -0.25) is 14.6 Å². The lowest BCUT2D eigenvalue weighted by atomic mass is 10.1. The summed E-state index contributed by atoms with van der Waals surface area (Å²) in [6.45, 7) is 5.02. The van der Waals surface area contributed by atoms with E-state index >= 15 is 0 Å². The molecular weight excluding hydrogens is 370 g/mol. The summed E-state index contributed by atoms with van der Waals surface area (Å²) in [6, 6.07) is 9.18. The average molecular weight is 393 g/mol. The van der Waals surface area contributed by atoms with Gasteiger partial charge in [0.25, 0.3) is 5.56 Å². The van der Waals surface area contributed by atoms with Crippen molar-refractivity contribution in [1.82, 2.24) is 24.4 Å². The molecule has 8 nitrogen and oxygen atoms in total. The van der Waals surface area contributed by atoms with Gasteiger partial charge < -0.3 is 9.47 Å². The largest absolute Gasteiger partial charge is 0.497 e. The maximum absolute atomic E-state index is 12.9. The van der Waals surface area contributed by atoms with E-state index in [0.29, 0.717) is 17.9 Å². The SMILES string of the molecule is CCn1cc(-c2cc(=O)n3[nH]c(COC)c(-c4ccc(OC)cc4)c3n2)c(C)n1. The highest BCUT2D eigenvalue weighted by molar-refractivity contribution is 5.81. The van der Waals surface area contributed by atoms with Crippen LogP contribution in [0.15, 0.2) is 41.3 Å². The second-order valence-electron chi connectivity index (χ2n) is 6.75. The van der Waals surface area contributed by atoms with Crippen molar-refractivity contribution in [2.75, 3.05) is 14.2 Å². The van der Waals surface area contributed by atoms with Crippen LogP contribution in [0.1, 0.15) is 18.3 Å². The van der Waals surface area contributed by atoms with Crippen LogP contribution in [0.2, 0.25) is 0 Å². The fourth-order valence-corrected chi connectivity index (χ4v) is 3.46. The third-order valence-electron chi connectivity index (χ3n) is 4.90. The van der Waals surface area contributed by atoms with Crippen LogP contribution in [-0.4, -0.2) is 38.6 Å². The van der Waals surface area contributed by atoms with Crippen molar-refractivity contribution in [3.05, 3.63) is 58.3 Å². The molecule has 0 bridgehead atoms. The van der Waals surface area contributed by atoms with Crippen LogP contribution in [0.4, 0.5) is 0 Å². The highest BCUT2D eigenvalue weighted by atomic mass is 16.5. The summed E-state index contributed by atoms with van der Waals surface area (Å²) in [5, 5.41) is 7.61. The molecule has 3 heterocycles. The predicted octanol–water partition coefficient (Wildman–Crippen LogP) is 3.04. The van der Waals surface area contributed by atoms with Gasteiger partial charge >= 0.3 is 0 Å². The standard InChI is InChI=1S/C21H23N5O3/c1-5-25-11-16(13(2)23-25)17-10-19(27)26-21(22-17)20(18(24-26)12-28-3)14-6-8-15(29-4)9-7-14/h6-11,24H,5,12H2,1-4H3. The van der Waals surface area contributed by atoms with Crippen LogP contribution >= 0.6 is 0 Å². The van der Waals surface area contributed by atoms with Gasteiger partial charge in [-0.25, -0.2) is 9.50 Å². The molecule has 0 aliphatic carbocycles. The summed E-state index contributed by atoms with van der Waals surface area (Å²) in [4.78, 5) is 17.7. The van der Waals surface area contributed by atoms with E-state index < -0.39 is 0 Å². The van der Waals surface area contributed by atoms with Crippen molar-refractivity contribution in [1.29, 1.82) is 0 Å². The summed E-state index contributed by atoms with van der Waals surface area (Å²) in [7, 11) is 3.25. The number of fused-ring (bicyclic) bond motifs is 1. The molecule has 8 heteroatoms. The van der Waals surface area contributed by atoms with Gasteiger partial charge in [-0.1, -0.05) is 12.1 Å². The number of aryl methyl sites for hydroxylation is 2. The molecule has 0 atom stereocenters. The number of benzene rings is 1. The van der Waals surface area contributed by atoms with E-state index in [9.17, 15) is 4.79 Å². The number of nitrogens with one attached hydrogen (secondary N) is 1. The van der Waals surface area contributed by atoms with Gasteiger partial charge in [-0.2, -0.15) is 5.10 Å². The van der Waals surface area contributed by atoms with Gasteiger partial charge in [0.1, 0.15) is 5.75 Å². The first-order chi connectivity index (χ1) is 14.0. The minimum atomic E-state index is -0.189. The van der Waals surface area contributed by atoms with E-state index in [4.69, 9.17) is 14.5 Å². The normalized spacial score (nSPS) is 11.3. The number of hydrogen-bond acceptors (Lipinski definition) is 5. The maximum Gasteiger partial charge on any atom is 0.273 e. The molecule has 1 N–H and O–H groups in total. The van der Waals surface area contributed by atoms with Crippen molar-refractivity contribution >= 4 is 5.65 Å². The molecule has 0 saturated carbocycles. The van der Waals surface area contributed by atoms with Gasteiger partial charge in [0.15, 0.2) is 5.65 Å². The van der Waals surface area contributed by atoms with E-state index in [1.807, 2.05) is 49.0 Å². The second-order valence-corrected chi connectivity index (χ2v) is 6.75. The Morgan fingerprint density at radius 2 is 1.93 bits per heavy atom. The zero-order valence-electron chi connectivity index (χ0n) is 16.9. The first-order valence-electron chi connectivity index (χ1n) is 9.38. The number of methoxy groups -OCH3 is 2. The lowest BCUT2D eigenvalue weighted by molar-refractivity contribution is 0.181. The maximum atomic E-state index is 12.9. The van der Waals surface area contributed by atoms with Gasteiger partial charge in [0.2, 0.25) is 0 Å². The summed E-state index contributed by atoms with van der Waals surface area (Å²) < 4.78 is 13.9. The van der Waals surface area contributed by atoms with Crippen molar-refractivity contribution in [3.8, 4) is 28.1 Å². The second kappa shape index (κ2) is 7.56. The number of nitrogens with zero attached hydrogens (tertiary/aromatic N) is 4. The zero-order valence-corrected chi connectivity index (χ0v) is 16.9. The lowest BCUT2D eigenvalue weighted by Gasteiger charge is -2.05. The molecule has 4 rings (SSSR count). The number of aromatic nitrogens is 5. The van der Waals surface area contributed by atoms with Gasteiger partial charge in [-0.05, 0) is 31.5 Å². The molecule has 0 amide bonds. The molecule has 4 aromatic rings. The Morgan fingerprint density at radius 1 is 1.17 bits per heavy atom. The molecular formula is C21H23N5O3. The highest BCUT2D eigenvalue weighted by Gasteiger charge is 2.19. The van der Waals surface area contributed by atoms with Crippen molar-refractivity contribution in [2.45, 2.75) is 27.0 Å². The molecule has 0 saturated heterocycles. The molecule has 0 unspecified atom stereocenters. The van der Waals surface area contributed by atoms with Crippen molar-refractivity contribution in [3.63, 3.8) is 0 Å². The smallest absolute Gasteiger partial charge is 0.273 e. The monoisotopic (exact) mass is 393 g/mol. The van der Waals surface area contributed by atoms with Crippen molar-refractivity contribution in [2.24, 2.45) is 0 Å². The summed E-state index contributed by atoms with van der Waals surface area (Å²) >= 11 is 0. The Balaban J connectivity index is 1.97. The van der Waals surface area contributed by atoms with Gasteiger partial charge in [0, 0.05) is 37.0 Å². The summed E-state index contributed by atoms with van der Waals surface area (Å²) in [5.41, 5.74) is 5.17. The quantitative estimate of drug-likeness (QED) is 0.544. The molecule has 0 aliphatic rings. The predicted molar refractivity (Wildman–Crippen MR) is 110 cm³/mol. The van der Waals surface area contributed by atoms with Crippen LogP contribution in [0, 0.1) is 6.92 Å². The molecule has 29 heavy (non-hydrogen) atoms. The molecule has 3 aromatic heterocycles. The third kappa shape index (κ3) is 3.31. The Labute approximate surface area is 167 Å². The minimum Gasteiger partial charge on any atom is -0.497 e. The van der Waals surface area contributed by atoms with Gasteiger partial charge in [-0.15, -0.1) is 0 Å². The zero-order chi connectivity index (χ0) is 20.5. The van der Waals surface area contributed by atoms with E-state index in [1.165, 1.54) is 10.6 Å². The average Bonchev–Trinajstić information content (AvgIpc) is 3.29. The molecule has 0 fully saturated rings. The van der Waals surface area contributed by atoms with Crippen LogP contribution in [0.5, 0.6) is 5.75 Å². The fourth-order valence-electron chi connectivity index (χ4n) is 3.46. The lowest BCUT2D eigenvalue weighted by Crippen LogP contribution is -2.14. The van der Waals surface area contributed by atoms with E-state index in [1.54, 1.807) is 14.2 Å². The number of ether oxygens (including phenoxy) is 2. The van der Waals surface area contributed by atoms with Crippen LogP contribution in [-0.2, 0) is 17.9 Å². The van der Waals surface area contributed by atoms with E-state index in [2.05, 4.69) is 10.2 Å². The molecule has 1 aromatic carbocycles. The third-order valence-corrected chi connectivity index (χ3v) is 4.90.